The van der Waals surface area contributed by atoms with Gasteiger partial charge in [-0.15, -0.1) is 0 Å². The van der Waals surface area contributed by atoms with Gasteiger partial charge in [-0.1, -0.05) is 30.3 Å². The minimum absolute atomic E-state index is 0.0513. The second-order valence-electron chi connectivity index (χ2n) is 12.9. The first-order valence-electron chi connectivity index (χ1n) is 17.6. The first kappa shape index (κ1) is 46.9. The van der Waals surface area contributed by atoms with Crippen LogP contribution in [0.4, 0.5) is 28.7 Å². The van der Waals surface area contributed by atoms with Crippen LogP contribution in [0.15, 0.2) is 93.3 Å². The molecule has 0 aliphatic heterocycles. The normalized spacial score (nSPS) is 11.0. The Morgan fingerprint density at radius 1 is 0.590 bits per heavy atom. The van der Waals surface area contributed by atoms with Crippen molar-refractivity contribution in [2.75, 3.05) is 5.32 Å². The van der Waals surface area contributed by atoms with Gasteiger partial charge in [0.1, 0.15) is 17.7 Å². The molecule has 0 amide bonds. The summed E-state index contributed by atoms with van der Waals surface area (Å²) in [7, 11) is 0. The summed E-state index contributed by atoms with van der Waals surface area (Å²) in [6.07, 6.45) is 0.216. The number of hydrogen-bond donors (Lipinski definition) is 5. The van der Waals surface area contributed by atoms with E-state index in [0.29, 0.717) is 28.5 Å². The molecule has 0 bridgehead atoms. The number of aryl methyl sites for hydroxylation is 4. The Kier molecular flexibility index (Phi) is 17.3. The van der Waals surface area contributed by atoms with Crippen LogP contribution >= 0.6 is 0 Å². The van der Waals surface area contributed by atoms with Crippen molar-refractivity contribution in [3.05, 3.63) is 129 Å². The van der Waals surface area contributed by atoms with Gasteiger partial charge in [0.2, 0.25) is 5.95 Å². The molecule has 1 atom stereocenters. The zero-order valence-corrected chi connectivity index (χ0v) is 32.8. The molecule has 20 heteroatoms. The van der Waals surface area contributed by atoms with Gasteiger partial charge in [-0.3, -0.25) is 4.79 Å². The number of benzene rings is 4. The second-order valence-corrected chi connectivity index (χ2v) is 12.9. The van der Waals surface area contributed by atoms with Crippen LogP contribution < -0.4 is 5.32 Å². The third-order valence-corrected chi connectivity index (χ3v) is 8.43. The summed E-state index contributed by atoms with van der Waals surface area (Å²) in [5.74, 6) is -4.80. The molecule has 1 aromatic heterocycles. The lowest BCUT2D eigenvalue weighted by atomic mass is 10.0. The molecule has 0 aliphatic rings. The Bertz CT molecular complexity index is 2520. The molecule has 312 valence electrons. The zero-order valence-electron chi connectivity index (χ0n) is 32.8. The molecule has 1 heterocycles. The summed E-state index contributed by atoms with van der Waals surface area (Å²) in [6, 6.07) is 18.8. The van der Waals surface area contributed by atoms with Gasteiger partial charge in [0.15, 0.2) is 0 Å². The highest BCUT2D eigenvalue weighted by Gasteiger charge is 2.23. The number of carboxylic acid groups (broad SMARTS) is 4. The van der Waals surface area contributed by atoms with E-state index in [0.717, 1.165) is 33.9 Å². The van der Waals surface area contributed by atoms with Crippen molar-refractivity contribution in [1.29, 1.82) is 0 Å². The molecule has 0 saturated carbocycles. The van der Waals surface area contributed by atoms with E-state index >= 15 is 0 Å². The lowest BCUT2D eigenvalue weighted by molar-refractivity contribution is -0.193. The molecule has 0 radical (unpaired) electrons. The van der Waals surface area contributed by atoms with Crippen LogP contribution in [-0.4, -0.2) is 77.6 Å². The van der Waals surface area contributed by atoms with Gasteiger partial charge < -0.3 is 25.7 Å². The number of aromatic nitrogens is 3. The largest absolute Gasteiger partial charge is 0.481 e. The molecule has 5 N–H and O–H groups in total. The van der Waals surface area contributed by atoms with Crippen LogP contribution in [0.3, 0.4) is 0 Å². The maximum absolute atomic E-state index is 11.9. The van der Waals surface area contributed by atoms with E-state index < -0.39 is 36.3 Å². The van der Waals surface area contributed by atoms with E-state index in [2.05, 4.69) is 35.7 Å². The van der Waals surface area contributed by atoms with Crippen LogP contribution in [0, 0.1) is 27.7 Å². The number of carbonyl (C=O) groups is 4. The summed E-state index contributed by atoms with van der Waals surface area (Å²) in [6.45, 7) is 7.45. The number of nitrogens with zero attached hydrogens (tertiary/aromatic N) is 7. The third kappa shape index (κ3) is 14.5. The number of carbonyl (C=O) groups excluding carboxylic acids is 4. The van der Waals surface area contributed by atoms with E-state index in [1.165, 1.54) is 12.1 Å². The Labute approximate surface area is 345 Å². The number of carboxylic acids is 4. The van der Waals surface area contributed by atoms with E-state index in [9.17, 15) is 39.6 Å². The number of hydrogen-bond acceptors (Lipinski definition) is 16. The van der Waals surface area contributed by atoms with Gasteiger partial charge in [-0.05, 0) is 104 Å². The van der Waals surface area contributed by atoms with E-state index in [1.54, 1.807) is 13.0 Å². The number of rotatable bonds is 15. The first-order chi connectivity index (χ1) is 29.0. The fourth-order valence-corrected chi connectivity index (χ4v) is 5.51. The Hall–Kier alpha value is -8.47. The molecular weight excluding hydrogens is 796 g/mol. The molecule has 1 unspecified atom stereocenters. The van der Waals surface area contributed by atoms with Crippen molar-refractivity contribution in [2.45, 2.75) is 53.0 Å². The minimum atomic E-state index is -1.50. The van der Waals surface area contributed by atoms with Crippen LogP contribution in [0.5, 0.6) is 0 Å². The topological polar surface area (TPSA) is 318 Å². The number of aromatic carboxylic acids is 2. The van der Waals surface area contributed by atoms with Crippen molar-refractivity contribution < 1.29 is 58.8 Å². The Morgan fingerprint density at radius 2 is 1.03 bits per heavy atom. The van der Waals surface area contributed by atoms with Crippen molar-refractivity contribution >= 4 is 64.9 Å². The lowest BCUT2D eigenvalue weighted by Gasteiger charge is -2.15. The molecule has 0 saturated heterocycles. The third-order valence-electron chi connectivity index (χ3n) is 8.43. The second kappa shape index (κ2) is 22.5. The van der Waals surface area contributed by atoms with Gasteiger partial charge in [0, 0.05) is 12.8 Å². The van der Waals surface area contributed by atoms with E-state index in [4.69, 9.17) is 24.2 Å². The predicted molar refractivity (Wildman–Crippen MR) is 210 cm³/mol. The summed E-state index contributed by atoms with van der Waals surface area (Å²) in [5.41, 5.74) is 6.30. The number of aliphatic carboxylic acids is 2. The van der Waals surface area contributed by atoms with Gasteiger partial charge >= 0.3 is 36.2 Å². The molecular formula is C41H36N8O12. The number of anilines is 1. The molecule has 0 spiro atoms. The Balaban J connectivity index is 0.00000156. The van der Waals surface area contributed by atoms with Crippen LogP contribution in [-0.2, 0) is 41.6 Å². The maximum Gasteiger partial charge on any atom is 0.373 e. The summed E-state index contributed by atoms with van der Waals surface area (Å²) >= 11 is 0. The van der Waals surface area contributed by atoms with Crippen LogP contribution in [0.25, 0.3) is 0 Å². The number of azo groups is 2. The van der Waals surface area contributed by atoms with Crippen molar-refractivity contribution in [3.8, 4) is 0 Å². The minimum Gasteiger partial charge on any atom is -0.481 e. The zero-order chi connectivity index (χ0) is 45.2. The highest BCUT2D eigenvalue weighted by Crippen LogP contribution is 2.29. The van der Waals surface area contributed by atoms with Crippen LogP contribution in [0.1, 0.15) is 72.2 Å². The fraction of sp³-hybridized carbons (Fsp3) is 0.195. The average Bonchev–Trinajstić information content (AvgIpc) is 3.19. The first-order valence-corrected chi connectivity index (χ1v) is 17.6. The molecule has 0 fully saturated rings. The van der Waals surface area contributed by atoms with Gasteiger partial charge in [0.05, 0.1) is 40.3 Å². The summed E-state index contributed by atoms with van der Waals surface area (Å²) in [4.78, 5) is 92.5. The molecule has 5 rings (SSSR count). The molecule has 61 heavy (non-hydrogen) atoms. The van der Waals surface area contributed by atoms with Gasteiger partial charge in [-0.2, -0.15) is 49.6 Å². The monoisotopic (exact) mass is 832 g/mol. The molecule has 0 aliphatic carbocycles. The smallest absolute Gasteiger partial charge is 0.373 e. The summed E-state index contributed by atoms with van der Waals surface area (Å²) in [5, 5.41) is 57.5. The lowest BCUT2D eigenvalue weighted by Crippen LogP contribution is -2.33. The van der Waals surface area contributed by atoms with Gasteiger partial charge in [-0.25, -0.2) is 19.4 Å². The van der Waals surface area contributed by atoms with Crippen molar-refractivity contribution in [3.63, 3.8) is 0 Å². The van der Waals surface area contributed by atoms with E-state index in [-0.39, 0.29) is 53.7 Å². The fourth-order valence-electron chi connectivity index (χ4n) is 5.51. The standard InChI is InChI=1S/C39H36N8O8.2CO2/c1-20-12-30(46-44-28-8-6-5-7-9-28)22(3)10-24(20)17-33-41-34(43-39(42-33)40-32(38(54)55)19-35(48)49)18-25-11-23(4)31(13-21(25)2)47-45-29-15-26(36(50)51)14-27(16-29)37(52)53;2*2-1-3/h5-16,32H,17-19H2,1-4H3,(H,48,49)(H,50,51)(H,52,53)(H,54,55)(H,40,41,42,43);;. The average molecular weight is 833 g/mol. The molecule has 5 aromatic rings. The van der Waals surface area contributed by atoms with Crippen molar-refractivity contribution in [2.24, 2.45) is 20.5 Å². The molecule has 4 aromatic carbocycles. The SMILES string of the molecule is Cc1cc(N=Nc2ccccc2)c(C)cc1Cc1nc(Cc2cc(C)c(N=Nc3cc(C(=O)O)cc(C(=O)O)c3)cc2C)nc(NC(CC(=O)O)C(=O)O)n1.O=C=O.O=C=O. The summed E-state index contributed by atoms with van der Waals surface area (Å²) < 4.78 is 0. The highest BCUT2D eigenvalue weighted by molar-refractivity contribution is 5.95. The van der Waals surface area contributed by atoms with Gasteiger partial charge in [0.25, 0.3) is 0 Å². The predicted octanol–water partition coefficient (Wildman–Crippen LogP) is 6.69. The van der Waals surface area contributed by atoms with Crippen molar-refractivity contribution in [1.82, 2.24) is 15.0 Å². The highest BCUT2D eigenvalue weighted by atomic mass is 16.4. The number of nitrogens with one attached hydrogen (secondary N) is 1. The van der Waals surface area contributed by atoms with E-state index in [1.807, 2.05) is 69.3 Å². The molecule has 20 nitrogen and oxygen atoms in total. The Morgan fingerprint density at radius 3 is 1.44 bits per heavy atom. The van der Waals surface area contributed by atoms with Crippen LogP contribution in [0.2, 0.25) is 0 Å². The maximum atomic E-state index is 11.9. The quantitative estimate of drug-likeness (QED) is 0.0686.